The van der Waals surface area contributed by atoms with Crippen molar-refractivity contribution in [1.82, 2.24) is 5.32 Å². The van der Waals surface area contributed by atoms with Gasteiger partial charge < -0.3 is 15.5 Å². The van der Waals surface area contributed by atoms with E-state index in [0.29, 0.717) is 0 Å². The van der Waals surface area contributed by atoms with Crippen LogP contribution in [0.2, 0.25) is 0 Å². The minimum absolute atomic E-state index is 0.301. The molecule has 0 saturated heterocycles. The highest BCUT2D eigenvalue weighted by molar-refractivity contribution is 7.99. The Hall–Kier alpha value is -0.940. The van der Waals surface area contributed by atoms with Gasteiger partial charge in [-0.25, -0.2) is 0 Å². The number of rotatable bonds is 7. The number of nitrogens with two attached hydrogens (primary N) is 1. The molecule has 4 nitrogen and oxygen atoms in total. The van der Waals surface area contributed by atoms with E-state index < -0.39 is 5.54 Å². The van der Waals surface area contributed by atoms with Gasteiger partial charge in [-0.15, -0.1) is 11.8 Å². The Labute approximate surface area is 106 Å². The molecule has 3 N–H and O–H groups in total. The Kier molecular flexibility index (Phi) is 5.08. The maximum atomic E-state index is 11.3. The number of likely N-dealkylation sites (N-methyl/N-ethyl adjacent to an activating group) is 1. The molecule has 5 heteroatoms. The van der Waals surface area contributed by atoms with E-state index in [4.69, 9.17) is 10.2 Å². The predicted octanol–water partition coefficient (Wildman–Crippen LogP) is 1.92. The number of primary amides is 1. The Bertz CT molecular complexity index is 378. The van der Waals surface area contributed by atoms with Crippen LogP contribution in [0.4, 0.5) is 0 Å². The summed E-state index contributed by atoms with van der Waals surface area (Å²) in [5.41, 5.74) is 4.75. The topological polar surface area (TPSA) is 68.3 Å². The lowest BCUT2D eigenvalue weighted by Gasteiger charge is -2.25. The van der Waals surface area contributed by atoms with Crippen LogP contribution in [0, 0.1) is 6.92 Å². The average molecular weight is 256 g/mol. The molecule has 0 aliphatic carbocycles. The summed E-state index contributed by atoms with van der Waals surface area (Å²) < 4.78 is 5.21. The van der Waals surface area contributed by atoms with Crippen LogP contribution in [-0.2, 0) is 4.79 Å². The van der Waals surface area contributed by atoms with E-state index in [1.165, 1.54) is 0 Å². The minimum atomic E-state index is -0.605. The molecule has 0 bridgehead atoms. The maximum absolute atomic E-state index is 11.3. The van der Waals surface area contributed by atoms with Crippen LogP contribution in [0.5, 0.6) is 0 Å². The van der Waals surface area contributed by atoms with E-state index in [1.807, 2.05) is 19.9 Å². The van der Waals surface area contributed by atoms with Crippen LogP contribution in [0.25, 0.3) is 0 Å². The molecule has 0 saturated carbocycles. The van der Waals surface area contributed by atoms with Gasteiger partial charge in [0, 0.05) is 4.90 Å². The summed E-state index contributed by atoms with van der Waals surface area (Å²) in [6.45, 7) is 3.78. The van der Waals surface area contributed by atoms with Crippen molar-refractivity contribution >= 4 is 17.7 Å². The molecule has 1 amide bonds. The minimum Gasteiger partial charge on any atom is -0.468 e. The molecule has 1 heterocycles. The van der Waals surface area contributed by atoms with E-state index in [0.717, 1.165) is 29.3 Å². The monoisotopic (exact) mass is 256 g/mol. The first-order chi connectivity index (χ1) is 7.99. The number of aryl methyl sites for hydroxylation is 1. The summed E-state index contributed by atoms with van der Waals surface area (Å²) in [7, 11) is 1.76. The summed E-state index contributed by atoms with van der Waals surface area (Å²) in [6.07, 6.45) is 3.36. The van der Waals surface area contributed by atoms with Crippen LogP contribution in [0.3, 0.4) is 0 Å². The quantitative estimate of drug-likeness (QED) is 0.578. The Morgan fingerprint density at radius 3 is 2.82 bits per heavy atom. The second kappa shape index (κ2) is 6.12. The van der Waals surface area contributed by atoms with E-state index in [1.54, 1.807) is 25.1 Å². The van der Waals surface area contributed by atoms with Gasteiger partial charge in [0.2, 0.25) is 5.91 Å². The van der Waals surface area contributed by atoms with Gasteiger partial charge in [-0.3, -0.25) is 4.79 Å². The standard InChI is InChI=1S/C12H20N2O2S/c1-9-10(5-7-16-9)17-8-4-6-12(2,14-3)11(13)15/h5,7,14H,4,6,8H2,1-3H3,(H2,13,15). The van der Waals surface area contributed by atoms with Crippen LogP contribution in [0.1, 0.15) is 25.5 Å². The molecule has 96 valence electrons. The summed E-state index contributed by atoms with van der Waals surface area (Å²) in [5.74, 6) is 1.59. The second-order valence-electron chi connectivity index (χ2n) is 4.24. The normalized spacial score (nSPS) is 14.5. The molecule has 1 atom stereocenters. The number of hydrogen-bond acceptors (Lipinski definition) is 4. The first-order valence-corrected chi connectivity index (χ1v) is 6.64. The highest BCUT2D eigenvalue weighted by Crippen LogP contribution is 2.25. The average Bonchev–Trinajstić information content (AvgIpc) is 2.70. The molecule has 0 aliphatic rings. The largest absolute Gasteiger partial charge is 0.468 e. The Balaban J connectivity index is 2.33. The molecule has 1 rings (SSSR count). The van der Waals surface area contributed by atoms with E-state index in [2.05, 4.69) is 5.32 Å². The molecule has 0 aromatic carbocycles. The van der Waals surface area contributed by atoms with Gasteiger partial charge in [0.05, 0.1) is 11.8 Å². The lowest BCUT2D eigenvalue weighted by molar-refractivity contribution is -0.123. The fraction of sp³-hybridized carbons (Fsp3) is 0.583. The summed E-state index contributed by atoms with van der Waals surface area (Å²) >= 11 is 1.74. The third-order valence-electron chi connectivity index (χ3n) is 2.99. The van der Waals surface area contributed by atoms with E-state index in [9.17, 15) is 4.79 Å². The molecule has 1 aromatic rings. The molecule has 0 aliphatic heterocycles. The number of furan rings is 1. The van der Waals surface area contributed by atoms with Crippen LogP contribution >= 0.6 is 11.8 Å². The molecule has 0 radical (unpaired) electrons. The van der Waals surface area contributed by atoms with Gasteiger partial charge >= 0.3 is 0 Å². The molecule has 0 fully saturated rings. The lowest BCUT2D eigenvalue weighted by Crippen LogP contribution is -2.51. The van der Waals surface area contributed by atoms with Gasteiger partial charge in [-0.2, -0.15) is 0 Å². The molecule has 1 unspecified atom stereocenters. The van der Waals surface area contributed by atoms with Gasteiger partial charge in [0.1, 0.15) is 5.76 Å². The SMILES string of the molecule is CNC(C)(CCCSc1ccoc1C)C(N)=O. The fourth-order valence-corrected chi connectivity index (χ4v) is 2.41. The number of amides is 1. The third-order valence-corrected chi connectivity index (χ3v) is 4.21. The van der Waals surface area contributed by atoms with E-state index >= 15 is 0 Å². The van der Waals surface area contributed by atoms with Crippen molar-refractivity contribution in [3.63, 3.8) is 0 Å². The Morgan fingerprint density at radius 1 is 1.65 bits per heavy atom. The van der Waals surface area contributed by atoms with Gasteiger partial charge in [-0.05, 0) is 45.6 Å². The fourth-order valence-electron chi connectivity index (χ4n) is 1.50. The highest BCUT2D eigenvalue weighted by atomic mass is 32.2. The zero-order valence-corrected chi connectivity index (χ0v) is 11.4. The van der Waals surface area contributed by atoms with Crippen molar-refractivity contribution < 1.29 is 9.21 Å². The van der Waals surface area contributed by atoms with Crippen molar-refractivity contribution in [2.75, 3.05) is 12.8 Å². The number of thioether (sulfide) groups is 1. The summed E-state index contributed by atoms with van der Waals surface area (Å²) in [5, 5.41) is 2.98. The van der Waals surface area contributed by atoms with Crippen molar-refractivity contribution in [3.05, 3.63) is 18.1 Å². The maximum Gasteiger partial charge on any atom is 0.237 e. The molecule has 17 heavy (non-hydrogen) atoms. The number of hydrogen-bond donors (Lipinski definition) is 2. The Morgan fingerprint density at radius 2 is 2.35 bits per heavy atom. The van der Waals surface area contributed by atoms with Gasteiger partial charge in [0.15, 0.2) is 0 Å². The van der Waals surface area contributed by atoms with Crippen molar-refractivity contribution in [1.29, 1.82) is 0 Å². The highest BCUT2D eigenvalue weighted by Gasteiger charge is 2.27. The van der Waals surface area contributed by atoms with Gasteiger partial charge in [0.25, 0.3) is 0 Å². The third kappa shape index (κ3) is 3.78. The van der Waals surface area contributed by atoms with Crippen LogP contribution in [-0.4, -0.2) is 24.2 Å². The first kappa shape index (κ1) is 14.1. The van der Waals surface area contributed by atoms with Crippen molar-refractivity contribution in [3.8, 4) is 0 Å². The molecule has 0 spiro atoms. The zero-order chi connectivity index (χ0) is 12.9. The number of nitrogens with one attached hydrogen (secondary N) is 1. The number of carbonyl (C=O) groups is 1. The van der Waals surface area contributed by atoms with Crippen LogP contribution < -0.4 is 11.1 Å². The van der Waals surface area contributed by atoms with E-state index in [-0.39, 0.29) is 5.91 Å². The smallest absolute Gasteiger partial charge is 0.237 e. The zero-order valence-electron chi connectivity index (χ0n) is 10.6. The first-order valence-electron chi connectivity index (χ1n) is 5.65. The van der Waals surface area contributed by atoms with Crippen molar-refractivity contribution in [2.24, 2.45) is 5.73 Å². The summed E-state index contributed by atoms with van der Waals surface area (Å²) in [4.78, 5) is 12.4. The second-order valence-corrected chi connectivity index (χ2v) is 5.38. The summed E-state index contributed by atoms with van der Waals surface area (Å²) in [6, 6.07) is 1.96. The van der Waals surface area contributed by atoms with Crippen LogP contribution in [0.15, 0.2) is 21.6 Å². The predicted molar refractivity (Wildman–Crippen MR) is 70.1 cm³/mol. The molecule has 1 aromatic heterocycles. The van der Waals surface area contributed by atoms with Gasteiger partial charge in [-0.1, -0.05) is 0 Å². The van der Waals surface area contributed by atoms with Crippen molar-refractivity contribution in [2.45, 2.75) is 37.1 Å². The lowest BCUT2D eigenvalue weighted by atomic mass is 9.96. The molecular formula is C12H20N2O2S. The molecular weight excluding hydrogens is 236 g/mol. The number of carbonyl (C=O) groups excluding carboxylic acids is 1.